The molecule has 4 saturated heterocycles. The molecule has 8 rings (SSSR count). The summed E-state index contributed by atoms with van der Waals surface area (Å²) in [7, 11) is 0. The molecule has 52 heavy (non-hydrogen) atoms. The average Bonchev–Trinajstić information content (AvgIpc) is 3.56. The van der Waals surface area contributed by atoms with Crippen molar-refractivity contribution in [1.82, 2.24) is 0 Å². The van der Waals surface area contributed by atoms with Gasteiger partial charge in [-0.3, -0.25) is 0 Å². The summed E-state index contributed by atoms with van der Waals surface area (Å²) >= 11 is 0. The quantitative estimate of drug-likeness (QED) is 0.200. The van der Waals surface area contributed by atoms with Crippen LogP contribution in [-0.2, 0) is 28.4 Å². The van der Waals surface area contributed by atoms with E-state index in [4.69, 9.17) is 28.4 Å². The zero-order valence-electron chi connectivity index (χ0n) is 31.2. The number of aliphatic hydroxyl groups excluding tert-OH is 7. The lowest BCUT2D eigenvalue weighted by Gasteiger charge is -2.60. The number of ether oxygens (including phenoxy) is 6. The first-order valence-corrected chi connectivity index (χ1v) is 19.9. The maximum Gasteiger partial charge on any atom is 0.187 e. The fourth-order valence-corrected chi connectivity index (χ4v) is 12.6. The van der Waals surface area contributed by atoms with Gasteiger partial charge in [-0.15, -0.1) is 0 Å². The number of fused-ring (bicyclic) bond motifs is 7. The Hall–Kier alpha value is -0.780. The van der Waals surface area contributed by atoms with E-state index in [9.17, 15) is 35.7 Å². The third-order valence-corrected chi connectivity index (χ3v) is 15.6. The molecule has 7 N–H and O–H groups in total. The predicted octanol–water partition coefficient (Wildman–Crippen LogP) is 1.36. The third-order valence-electron chi connectivity index (χ3n) is 15.6. The Morgan fingerprint density at radius 3 is 2.31 bits per heavy atom. The highest BCUT2D eigenvalue weighted by Crippen LogP contribution is 2.71. The van der Waals surface area contributed by atoms with E-state index in [0.29, 0.717) is 42.4 Å². The van der Waals surface area contributed by atoms with Gasteiger partial charge in [0, 0.05) is 24.2 Å². The second-order valence-electron chi connectivity index (χ2n) is 18.3. The van der Waals surface area contributed by atoms with Gasteiger partial charge in [-0.05, 0) is 80.5 Å². The molecule has 0 aromatic heterocycles. The third kappa shape index (κ3) is 5.74. The summed E-state index contributed by atoms with van der Waals surface area (Å²) in [6.07, 6.45) is -5.83. The number of allylic oxidation sites excluding steroid dienone is 1. The van der Waals surface area contributed by atoms with Gasteiger partial charge in [0.1, 0.15) is 42.7 Å². The van der Waals surface area contributed by atoms with Gasteiger partial charge in [0.2, 0.25) is 0 Å². The van der Waals surface area contributed by atoms with Crippen molar-refractivity contribution in [2.45, 2.75) is 171 Å². The van der Waals surface area contributed by atoms with Crippen molar-refractivity contribution in [3.8, 4) is 0 Å². The minimum absolute atomic E-state index is 0.111. The number of aliphatic hydroxyl groups is 7. The molecular formula is C39H62O13. The van der Waals surface area contributed by atoms with Crippen molar-refractivity contribution >= 4 is 0 Å². The van der Waals surface area contributed by atoms with Crippen molar-refractivity contribution in [2.75, 3.05) is 13.2 Å². The van der Waals surface area contributed by atoms with Crippen LogP contribution in [0.1, 0.15) is 86.0 Å². The number of hydrogen-bond acceptors (Lipinski definition) is 13. The van der Waals surface area contributed by atoms with Crippen molar-refractivity contribution in [3.63, 3.8) is 0 Å². The molecule has 3 saturated carbocycles. The molecule has 13 nitrogen and oxygen atoms in total. The van der Waals surface area contributed by atoms with Gasteiger partial charge in [-0.1, -0.05) is 39.3 Å². The highest BCUT2D eigenvalue weighted by molar-refractivity contribution is 5.29. The highest BCUT2D eigenvalue weighted by Gasteiger charge is 2.69. The van der Waals surface area contributed by atoms with Crippen LogP contribution < -0.4 is 0 Å². The second-order valence-corrected chi connectivity index (χ2v) is 18.3. The van der Waals surface area contributed by atoms with E-state index in [1.54, 1.807) is 6.92 Å². The monoisotopic (exact) mass is 738 g/mol. The maximum atomic E-state index is 11.3. The van der Waals surface area contributed by atoms with Crippen molar-refractivity contribution in [3.05, 3.63) is 11.6 Å². The van der Waals surface area contributed by atoms with Gasteiger partial charge < -0.3 is 64.2 Å². The van der Waals surface area contributed by atoms with Crippen molar-refractivity contribution < 1.29 is 64.2 Å². The Labute approximate surface area is 306 Å². The van der Waals surface area contributed by atoms with Gasteiger partial charge in [0.25, 0.3) is 0 Å². The molecule has 8 aliphatic rings. The highest BCUT2D eigenvalue weighted by atomic mass is 16.8. The Kier molecular flexibility index (Phi) is 10.0. The molecule has 0 amide bonds. The normalized spacial score (nSPS) is 58.9. The van der Waals surface area contributed by atoms with Crippen LogP contribution >= 0.6 is 0 Å². The summed E-state index contributed by atoms with van der Waals surface area (Å²) in [4.78, 5) is 0. The van der Waals surface area contributed by atoms with E-state index in [0.717, 1.165) is 45.1 Å². The number of hydrogen-bond donors (Lipinski definition) is 7. The zero-order valence-corrected chi connectivity index (χ0v) is 31.2. The minimum Gasteiger partial charge on any atom is -0.394 e. The molecule has 296 valence electrons. The van der Waals surface area contributed by atoms with Gasteiger partial charge in [0.05, 0.1) is 37.6 Å². The molecular weight excluding hydrogens is 676 g/mol. The molecule has 22 atom stereocenters. The molecule has 4 aliphatic carbocycles. The smallest absolute Gasteiger partial charge is 0.187 e. The standard InChI is InChI=1S/C39H62O13/c1-17-8-11-39(47-16-17)18(2)28-25(52-39)14-24-22-7-6-20-12-21(41)13-27(38(20,5)23(22)9-10-37(24,28)4)50-36-34(32(45)29(42)19(3)48-36)51-35-33(46)31(44)30(43)26(15-40)49-35/h6,17-19,21-36,40-46H,7-16H2,1-5H3/t17-,18+,19-,21-,22+,23+,24+,25+,26-,27-,28+,29+,30-,31+,32+,33-,34-,35+,36+,37+,38+,39-/m1/s1. The van der Waals surface area contributed by atoms with E-state index in [-0.39, 0.29) is 17.4 Å². The fraction of sp³-hybridized carbons (Fsp3) is 0.949. The first kappa shape index (κ1) is 38.1. The molecule has 7 fully saturated rings. The molecule has 0 aromatic rings. The van der Waals surface area contributed by atoms with Crippen molar-refractivity contribution in [1.29, 1.82) is 0 Å². The summed E-state index contributed by atoms with van der Waals surface area (Å²) in [5, 5.41) is 74.6. The molecule has 13 heteroatoms. The van der Waals surface area contributed by atoms with E-state index < -0.39 is 91.4 Å². The Morgan fingerprint density at radius 2 is 1.60 bits per heavy atom. The van der Waals surface area contributed by atoms with Crippen molar-refractivity contribution in [2.24, 2.45) is 46.3 Å². The van der Waals surface area contributed by atoms with E-state index >= 15 is 0 Å². The largest absolute Gasteiger partial charge is 0.394 e. The van der Waals surface area contributed by atoms with Crippen LogP contribution in [0.3, 0.4) is 0 Å². The molecule has 0 radical (unpaired) electrons. The molecule has 0 bridgehead atoms. The van der Waals surface area contributed by atoms with Gasteiger partial charge in [0.15, 0.2) is 18.4 Å². The van der Waals surface area contributed by atoms with Crippen LogP contribution in [0.4, 0.5) is 0 Å². The van der Waals surface area contributed by atoms with E-state index in [1.807, 2.05) is 0 Å². The SMILES string of the molecule is C[C@@H]1CC[C@@]2(OC1)O[C@H]1C[C@H]3[C@H]4CC=C5C[C@@H](O)C[C@@H](O[C@@H]6O[C@H](C)[C@H](O)[C@H](O)[C@H]6O[C@@H]6O[C@H](CO)[C@@H](O)[C@H](O)[C@H]6O)[C@]5(C)[C@H]4CC[C@]3(C)[C@H]1[C@@H]2C. The summed E-state index contributed by atoms with van der Waals surface area (Å²) in [6.45, 7) is 11.1. The minimum atomic E-state index is -1.72. The Bertz CT molecular complexity index is 1340. The molecule has 4 aliphatic heterocycles. The summed E-state index contributed by atoms with van der Waals surface area (Å²) in [5.41, 5.74) is 0.821. The van der Waals surface area contributed by atoms with E-state index in [1.165, 1.54) is 5.57 Å². The fourth-order valence-electron chi connectivity index (χ4n) is 12.6. The lowest BCUT2D eigenvalue weighted by atomic mass is 9.46. The van der Waals surface area contributed by atoms with Crippen LogP contribution in [-0.4, -0.2) is 134 Å². The van der Waals surface area contributed by atoms with E-state index in [2.05, 4.69) is 33.8 Å². The Balaban J connectivity index is 1.05. The lowest BCUT2D eigenvalue weighted by molar-refractivity contribution is -0.374. The zero-order chi connectivity index (χ0) is 37.1. The molecule has 0 unspecified atom stereocenters. The maximum absolute atomic E-state index is 11.3. The lowest BCUT2D eigenvalue weighted by Crippen LogP contribution is -2.65. The summed E-state index contributed by atoms with van der Waals surface area (Å²) in [5.74, 6) is 1.93. The van der Waals surface area contributed by atoms with Crippen LogP contribution in [0.25, 0.3) is 0 Å². The second kappa shape index (κ2) is 13.7. The topological polar surface area (TPSA) is 197 Å². The average molecular weight is 739 g/mol. The van der Waals surface area contributed by atoms with Crippen LogP contribution in [0.5, 0.6) is 0 Å². The van der Waals surface area contributed by atoms with Gasteiger partial charge in [-0.25, -0.2) is 0 Å². The van der Waals surface area contributed by atoms with Gasteiger partial charge >= 0.3 is 0 Å². The van der Waals surface area contributed by atoms with Crippen LogP contribution in [0.2, 0.25) is 0 Å². The summed E-state index contributed by atoms with van der Waals surface area (Å²) in [6, 6.07) is 0. The van der Waals surface area contributed by atoms with Gasteiger partial charge in [-0.2, -0.15) is 0 Å². The molecule has 0 aromatic carbocycles. The first-order chi connectivity index (χ1) is 24.6. The number of rotatable bonds is 5. The Morgan fingerprint density at radius 1 is 0.827 bits per heavy atom. The molecule has 1 spiro atoms. The predicted molar refractivity (Wildman–Crippen MR) is 183 cm³/mol. The van der Waals surface area contributed by atoms with Crippen LogP contribution in [0.15, 0.2) is 11.6 Å². The molecule has 4 heterocycles. The summed E-state index contributed by atoms with van der Waals surface area (Å²) < 4.78 is 38.2. The van der Waals surface area contributed by atoms with Crippen LogP contribution in [0, 0.1) is 46.3 Å². The first-order valence-electron chi connectivity index (χ1n) is 19.9.